The first-order valence-corrected chi connectivity index (χ1v) is 14.8. The molecular weight excluding hydrogens is 564 g/mol. The predicted octanol–water partition coefficient (Wildman–Crippen LogP) is 3.44. The van der Waals surface area contributed by atoms with Crippen molar-refractivity contribution in [3.8, 4) is 0 Å². The number of hydrogen-bond acceptors (Lipinski definition) is 7. The number of amides is 4. The zero-order valence-electron chi connectivity index (χ0n) is 26.8. The van der Waals surface area contributed by atoms with Gasteiger partial charge in [-0.25, -0.2) is 14.4 Å². The number of urea groups is 1. The predicted molar refractivity (Wildman–Crippen MR) is 168 cm³/mol. The second-order valence-corrected chi connectivity index (χ2v) is 12.3. The molecule has 4 N–H and O–H groups in total. The molecule has 0 aliphatic carbocycles. The quantitative estimate of drug-likeness (QED) is 0.239. The highest BCUT2D eigenvalue weighted by atomic mass is 16.6. The van der Waals surface area contributed by atoms with Crippen LogP contribution in [0.15, 0.2) is 60.7 Å². The number of rotatable bonds is 14. The number of alkyl carbamates (subject to hydrolysis) is 1. The Bertz CT molecular complexity index is 1200. The summed E-state index contributed by atoms with van der Waals surface area (Å²) in [5.74, 6) is -1.08. The fourth-order valence-electron chi connectivity index (χ4n) is 4.52. The number of nitrogens with one attached hydrogen (secondary N) is 3. The fraction of sp³-hybridized carbons (Fsp3) is 0.515. The molecule has 2 rings (SSSR count). The van der Waals surface area contributed by atoms with E-state index in [1.165, 1.54) is 19.1 Å². The van der Waals surface area contributed by atoms with Gasteiger partial charge in [0.05, 0.1) is 25.8 Å². The van der Waals surface area contributed by atoms with Crippen LogP contribution in [-0.4, -0.2) is 84.5 Å². The van der Waals surface area contributed by atoms with Crippen LogP contribution < -0.4 is 16.0 Å². The van der Waals surface area contributed by atoms with Gasteiger partial charge in [0.2, 0.25) is 5.91 Å². The van der Waals surface area contributed by atoms with E-state index in [-0.39, 0.29) is 18.9 Å². The molecule has 0 aliphatic heterocycles. The van der Waals surface area contributed by atoms with Gasteiger partial charge in [-0.15, -0.1) is 0 Å². The SMILES string of the molecule is COC(=O)[C@H](Cc1ccccc1)NC(=O)[C@H](CC(C)C)NC(=O)N(C)C[C@@H](O)[C@H](Cc1ccccc1)NC(=O)OC(C)(C)C. The number of benzene rings is 2. The monoisotopic (exact) mass is 612 g/mol. The maximum absolute atomic E-state index is 13.4. The summed E-state index contributed by atoms with van der Waals surface area (Å²) < 4.78 is 10.3. The number of aliphatic hydroxyl groups excluding tert-OH is 1. The number of carbonyl (C=O) groups is 4. The number of likely N-dealkylation sites (N-methyl/N-ethyl adjacent to an activating group) is 1. The molecule has 11 nitrogen and oxygen atoms in total. The lowest BCUT2D eigenvalue weighted by molar-refractivity contribution is -0.145. The Morgan fingerprint density at radius 3 is 1.89 bits per heavy atom. The van der Waals surface area contributed by atoms with Crippen molar-refractivity contribution < 1.29 is 33.8 Å². The molecule has 0 aliphatic rings. The van der Waals surface area contributed by atoms with E-state index in [0.717, 1.165) is 11.1 Å². The summed E-state index contributed by atoms with van der Waals surface area (Å²) >= 11 is 0. The minimum atomic E-state index is -1.16. The van der Waals surface area contributed by atoms with Gasteiger partial charge in [0, 0.05) is 13.5 Å². The van der Waals surface area contributed by atoms with Gasteiger partial charge < -0.3 is 35.4 Å². The van der Waals surface area contributed by atoms with Crippen LogP contribution in [0, 0.1) is 5.92 Å². The molecule has 0 radical (unpaired) electrons. The largest absolute Gasteiger partial charge is 0.467 e. The van der Waals surface area contributed by atoms with Crippen LogP contribution >= 0.6 is 0 Å². The first-order valence-electron chi connectivity index (χ1n) is 14.8. The molecule has 0 fully saturated rings. The summed E-state index contributed by atoms with van der Waals surface area (Å²) in [6.07, 6.45) is -1.02. The number of aliphatic hydroxyl groups is 1. The van der Waals surface area contributed by atoms with E-state index in [4.69, 9.17) is 9.47 Å². The van der Waals surface area contributed by atoms with Crippen LogP contribution in [0.5, 0.6) is 0 Å². The number of nitrogens with zero attached hydrogens (tertiary/aromatic N) is 1. The van der Waals surface area contributed by atoms with Gasteiger partial charge in [-0.2, -0.15) is 0 Å². The van der Waals surface area contributed by atoms with E-state index in [1.54, 1.807) is 20.8 Å². The van der Waals surface area contributed by atoms with Crippen molar-refractivity contribution in [2.45, 2.75) is 83.7 Å². The first kappa shape index (κ1) is 36.1. The second-order valence-electron chi connectivity index (χ2n) is 12.3. The van der Waals surface area contributed by atoms with Crippen LogP contribution in [0.2, 0.25) is 0 Å². The summed E-state index contributed by atoms with van der Waals surface area (Å²) in [4.78, 5) is 52.9. The molecule has 242 valence electrons. The third-order valence-electron chi connectivity index (χ3n) is 6.68. The van der Waals surface area contributed by atoms with Gasteiger partial charge in [0.25, 0.3) is 0 Å². The zero-order valence-corrected chi connectivity index (χ0v) is 26.8. The molecule has 44 heavy (non-hydrogen) atoms. The second kappa shape index (κ2) is 17.2. The van der Waals surface area contributed by atoms with E-state index >= 15 is 0 Å². The Balaban J connectivity index is 2.13. The Hall–Kier alpha value is -4.12. The van der Waals surface area contributed by atoms with Crippen LogP contribution in [-0.2, 0) is 31.9 Å². The van der Waals surface area contributed by atoms with E-state index in [9.17, 15) is 24.3 Å². The third kappa shape index (κ3) is 13.0. The van der Waals surface area contributed by atoms with Gasteiger partial charge in [0.15, 0.2) is 0 Å². The maximum Gasteiger partial charge on any atom is 0.407 e. The van der Waals surface area contributed by atoms with Crippen molar-refractivity contribution in [1.82, 2.24) is 20.9 Å². The highest BCUT2D eigenvalue weighted by Gasteiger charge is 2.31. The molecule has 0 aromatic heterocycles. The summed E-state index contributed by atoms with van der Waals surface area (Å²) in [5, 5.41) is 19.4. The summed E-state index contributed by atoms with van der Waals surface area (Å²) in [6.45, 7) is 8.91. The molecule has 4 amide bonds. The Kier molecular flexibility index (Phi) is 14.1. The van der Waals surface area contributed by atoms with Crippen LogP contribution in [0.4, 0.5) is 9.59 Å². The zero-order chi connectivity index (χ0) is 32.9. The van der Waals surface area contributed by atoms with Crippen molar-refractivity contribution in [3.05, 3.63) is 71.8 Å². The van der Waals surface area contributed by atoms with Crippen molar-refractivity contribution in [3.63, 3.8) is 0 Å². The summed E-state index contributed by atoms with van der Waals surface area (Å²) in [7, 11) is 2.74. The number of ether oxygens (including phenoxy) is 2. The maximum atomic E-state index is 13.4. The molecule has 4 atom stereocenters. The number of esters is 1. The molecule has 0 bridgehead atoms. The normalized spacial score (nSPS) is 14.0. The number of hydrogen-bond donors (Lipinski definition) is 4. The van der Waals surface area contributed by atoms with E-state index in [1.807, 2.05) is 74.5 Å². The summed E-state index contributed by atoms with van der Waals surface area (Å²) in [5.41, 5.74) is 0.985. The molecule has 2 aromatic carbocycles. The number of methoxy groups -OCH3 is 1. The summed E-state index contributed by atoms with van der Waals surface area (Å²) in [6, 6.07) is 15.3. The lowest BCUT2D eigenvalue weighted by Gasteiger charge is -2.30. The molecule has 2 aromatic rings. The van der Waals surface area contributed by atoms with Crippen LogP contribution in [0.1, 0.15) is 52.2 Å². The van der Waals surface area contributed by atoms with E-state index < -0.39 is 53.8 Å². The van der Waals surface area contributed by atoms with Gasteiger partial charge in [-0.05, 0) is 50.7 Å². The van der Waals surface area contributed by atoms with Gasteiger partial charge in [-0.3, -0.25) is 4.79 Å². The number of carbonyl (C=O) groups excluding carboxylic acids is 4. The van der Waals surface area contributed by atoms with Crippen LogP contribution in [0.3, 0.4) is 0 Å². The molecular formula is C33H48N4O7. The van der Waals surface area contributed by atoms with E-state index in [2.05, 4.69) is 16.0 Å². The van der Waals surface area contributed by atoms with Crippen molar-refractivity contribution in [2.75, 3.05) is 20.7 Å². The fourth-order valence-corrected chi connectivity index (χ4v) is 4.52. The third-order valence-corrected chi connectivity index (χ3v) is 6.68. The molecule has 0 heterocycles. The minimum Gasteiger partial charge on any atom is -0.467 e. The molecule has 11 heteroatoms. The van der Waals surface area contributed by atoms with Gasteiger partial charge in [-0.1, -0.05) is 74.5 Å². The average molecular weight is 613 g/mol. The Morgan fingerprint density at radius 1 is 0.841 bits per heavy atom. The minimum absolute atomic E-state index is 0.0425. The lowest BCUT2D eigenvalue weighted by atomic mass is 10.0. The van der Waals surface area contributed by atoms with Crippen molar-refractivity contribution in [2.24, 2.45) is 5.92 Å². The Labute approximate surface area is 260 Å². The van der Waals surface area contributed by atoms with Crippen molar-refractivity contribution >= 4 is 24.0 Å². The standard InChI is InChI=1S/C33H48N4O7/c1-22(2)18-26(29(39)34-27(30(40)43-7)20-24-16-12-9-13-17-24)35-31(41)37(6)21-28(38)25(19-23-14-10-8-11-15-23)36-32(42)44-33(3,4)5/h8-17,22,25-28,38H,18-21H2,1-7H3,(H,34,39)(H,35,41)(H,36,42)/t25-,26-,27-,28+/m0/s1. The molecule has 0 saturated carbocycles. The molecule has 0 unspecified atom stereocenters. The highest BCUT2D eigenvalue weighted by Crippen LogP contribution is 2.13. The topological polar surface area (TPSA) is 146 Å². The Morgan fingerprint density at radius 2 is 1.39 bits per heavy atom. The molecule has 0 saturated heterocycles. The molecule has 0 spiro atoms. The van der Waals surface area contributed by atoms with Gasteiger partial charge in [0.1, 0.15) is 17.7 Å². The smallest absolute Gasteiger partial charge is 0.407 e. The van der Waals surface area contributed by atoms with Crippen LogP contribution in [0.25, 0.3) is 0 Å². The average Bonchev–Trinajstić information content (AvgIpc) is 2.95. The van der Waals surface area contributed by atoms with Crippen molar-refractivity contribution in [1.29, 1.82) is 0 Å². The van der Waals surface area contributed by atoms with E-state index in [0.29, 0.717) is 12.8 Å². The van der Waals surface area contributed by atoms with Gasteiger partial charge >= 0.3 is 18.1 Å². The lowest BCUT2D eigenvalue weighted by Crippen LogP contribution is -2.56. The highest BCUT2D eigenvalue weighted by molar-refractivity contribution is 5.90. The first-order chi connectivity index (χ1) is 20.7.